The van der Waals surface area contributed by atoms with Crippen LogP contribution >= 0.6 is 35.0 Å². The summed E-state index contributed by atoms with van der Waals surface area (Å²) < 4.78 is 0. The fourth-order valence-electron chi connectivity index (χ4n) is 1.65. The summed E-state index contributed by atoms with van der Waals surface area (Å²) in [5.74, 6) is 1.21. The normalized spacial score (nSPS) is 12.1. The molecule has 0 radical (unpaired) electrons. The number of nitrogens with zero attached hydrogens (tertiary/aromatic N) is 1. The van der Waals surface area contributed by atoms with Gasteiger partial charge in [0.05, 0.1) is 0 Å². The second-order valence-electron chi connectivity index (χ2n) is 3.50. The minimum atomic E-state index is 0.382. The van der Waals surface area contributed by atoms with Crippen LogP contribution in [-0.4, -0.2) is 5.75 Å². The van der Waals surface area contributed by atoms with Crippen molar-refractivity contribution in [2.24, 2.45) is 0 Å². The summed E-state index contributed by atoms with van der Waals surface area (Å²) in [5, 5.41) is 12.0. The first kappa shape index (κ1) is 13.7. The summed E-state index contributed by atoms with van der Waals surface area (Å²) in [4.78, 5) is 0. The Balaban J connectivity index is 2.78. The molecule has 0 aliphatic heterocycles. The molecule has 1 aromatic rings. The first-order valence-electron chi connectivity index (χ1n) is 5.14. The van der Waals surface area contributed by atoms with E-state index in [0.717, 1.165) is 29.2 Å². The number of hydrogen-bond donors (Lipinski definition) is 0. The minimum absolute atomic E-state index is 0.382. The minimum Gasteiger partial charge on any atom is -0.185 e. The van der Waals surface area contributed by atoms with Crippen molar-refractivity contribution >= 4 is 35.0 Å². The van der Waals surface area contributed by atoms with Crippen LogP contribution in [0.1, 0.15) is 31.2 Å². The number of benzene rings is 1. The molecule has 0 aliphatic carbocycles. The molecule has 86 valence electrons. The number of hydrogen-bond acceptors (Lipinski definition) is 2. The molecule has 1 unspecified atom stereocenters. The van der Waals surface area contributed by atoms with Crippen LogP contribution in [0.15, 0.2) is 18.2 Å². The number of nitriles is 1. The van der Waals surface area contributed by atoms with E-state index in [1.165, 1.54) is 11.8 Å². The number of halogens is 2. The Labute approximate surface area is 111 Å². The lowest BCUT2D eigenvalue weighted by Gasteiger charge is -2.16. The Bertz CT molecular complexity index is 387. The van der Waals surface area contributed by atoms with E-state index in [4.69, 9.17) is 28.5 Å². The lowest BCUT2D eigenvalue weighted by molar-refractivity contribution is 0.648. The first-order valence-corrected chi connectivity index (χ1v) is 6.89. The third-order valence-corrected chi connectivity index (χ3v) is 3.67. The molecular formula is C12H13Cl2NS. The van der Waals surface area contributed by atoms with Gasteiger partial charge in [-0.1, -0.05) is 30.1 Å². The van der Waals surface area contributed by atoms with Gasteiger partial charge in [0.1, 0.15) is 5.40 Å². The second kappa shape index (κ2) is 7.06. The summed E-state index contributed by atoms with van der Waals surface area (Å²) in [6, 6.07) is 5.55. The van der Waals surface area contributed by atoms with E-state index >= 15 is 0 Å². The van der Waals surface area contributed by atoms with Gasteiger partial charge in [0.25, 0.3) is 0 Å². The van der Waals surface area contributed by atoms with E-state index in [-0.39, 0.29) is 0 Å². The van der Waals surface area contributed by atoms with Crippen molar-refractivity contribution in [3.63, 3.8) is 0 Å². The third kappa shape index (κ3) is 3.90. The quantitative estimate of drug-likeness (QED) is 0.551. The number of thioether (sulfide) groups is 1. The SMILES string of the molecule is CCC(CCSC#N)c1cc(Cl)ccc1Cl. The topological polar surface area (TPSA) is 23.8 Å². The van der Waals surface area contributed by atoms with Gasteiger partial charge in [-0.05, 0) is 54.3 Å². The van der Waals surface area contributed by atoms with Gasteiger partial charge in [-0.3, -0.25) is 0 Å². The fraction of sp³-hybridized carbons (Fsp3) is 0.417. The van der Waals surface area contributed by atoms with E-state index in [1.54, 1.807) is 6.07 Å². The van der Waals surface area contributed by atoms with Gasteiger partial charge in [0.2, 0.25) is 0 Å². The molecule has 0 fully saturated rings. The predicted molar refractivity (Wildman–Crippen MR) is 72.2 cm³/mol. The van der Waals surface area contributed by atoms with Crippen molar-refractivity contribution in [3.8, 4) is 5.40 Å². The Kier molecular flexibility index (Phi) is 6.05. The van der Waals surface area contributed by atoms with Gasteiger partial charge >= 0.3 is 0 Å². The highest BCUT2D eigenvalue weighted by atomic mass is 35.5. The van der Waals surface area contributed by atoms with Crippen LogP contribution in [0.5, 0.6) is 0 Å². The molecule has 0 N–H and O–H groups in total. The maximum atomic E-state index is 8.49. The van der Waals surface area contributed by atoms with E-state index in [1.807, 2.05) is 12.1 Å². The lowest BCUT2D eigenvalue weighted by Crippen LogP contribution is -2.00. The zero-order chi connectivity index (χ0) is 12.0. The van der Waals surface area contributed by atoms with Crippen LogP contribution in [-0.2, 0) is 0 Å². The molecule has 0 spiro atoms. The van der Waals surface area contributed by atoms with E-state index in [0.29, 0.717) is 10.9 Å². The van der Waals surface area contributed by atoms with Crippen LogP contribution in [0.2, 0.25) is 10.0 Å². The van der Waals surface area contributed by atoms with Crippen molar-refractivity contribution in [2.75, 3.05) is 5.75 Å². The molecule has 0 saturated heterocycles. The molecule has 16 heavy (non-hydrogen) atoms. The van der Waals surface area contributed by atoms with Crippen molar-refractivity contribution in [2.45, 2.75) is 25.7 Å². The standard InChI is InChI=1S/C12H13Cl2NS/c1-2-9(5-6-16-8-15)11-7-10(13)3-4-12(11)14/h3-4,7,9H,2,5-6H2,1H3. The molecule has 1 rings (SSSR count). The third-order valence-electron chi connectivity index (χ3n) is 2.52. The number of rotatable bonds is 5. The van der Waals surface area contributed by atoms with Crippen molar-refractivity contribution in [1.29, 1.82) is 5.26 Å². The van der Waals surface area contributed by atoms with Crippen LogP contribution in [0.3, 0.4) is 0 Å². The molecule has 0 saturated carbocycles. The molecule has 0 bridgehead atoms. The summed E-state index contributed by atoms with van der Waals surface area (Å²) in [6.07, 6.45) is 1.96. The van der Waals surface area contributed by atoms with Gasteiger partial charge in [-0.15, -0.1) is 0 Å². The fourth-order valence-corrected chi connectivity index (χ4v) is 2.60. The maximum absolute atomic E-state index is 8.49. The van der Waals surface area contributed by atoms with Gasteiger partial charge in [-0.25, -0.2) is 0 Å². The maximum Gasteiger partial charge on any atom is 0.133 e. The first-order chi connectivity index (χ1) is 7.69. The van der Waals surface area contributed by atoms with Gasteiger partial charge in [0, 0.05) is 15.8 Å². The van der Waals surface area contributed by atoms with Crippen LogP contribution in [0, 0.1) is 10.7 Å². The van der Waals surface area contributed by atoms with E-state index in [9.17, 15) is 0 Å². The average molecular weight is 274 g/mol. The lowest BCUT2D eigenvalue weighted by atomic mass is 9.94. The highest BCUT2D eigenvalue weighted by Crippen LogP contribution is 2.32. The van der Waals surface area contributed by atoms with Crippen molar-refractivity contribution in [1.82, 2.24) is 0 Å². The summed E-state index contributed by atoms with van der Waals surface area (Å²) >= 11 is 13.4. The Hall–Kier alpha value is -0.360. The largest absolute Gasteiger partial charge is 0.185 e. The molecule has 0 heterocycles. The molecule has 0 aliphatic rings. The predicted octanol–water partition coefficient (Wildman–Crippen LogP) is 5.09. The highest BCUT2D eigenvalue weighted by molar-refractivity contribution is 8.03. The van der Waals surface area contributed by atoms with Crippen molar-refractivity contribution < 1.29 is 0 Å². The van der Waals surface area contributed by atoms with Crippen LogP contribution in [0.4, 0.5) is 0 Å². The smallest absolute Gasteiger partial charge is 0.133 e. The molecule has 1 nitrogen and oxygen atoms in total. The van der Waals surface area contributed by atoms with Crippen molar-refractivity contribution in [3.05, 3.63) is 33.8 Å². The van der Waals surface area contributed by atoms with Crippen LogP contribution in [0.25, 0.3) is 0 Å². The van der Waals surface area contributed by atoms with E-state index in [2.05, 4.69) is 12.3 Å². The summed E-state index contributed by atoms with van der Waals surface area (Å²) in [6.45, 7) is 2.12. The van der Waals surface area contributed by atoms with E-state index < -0.39 is 0 Å². The Morgan fingerprint density at radius 3 is 2.81 bits per heavy atom. The Morgan fingerprint density at radius 2 is 2.19 bits per heavy atom. The van der Waals surface area contributed by atoms with Crippen LogP contribution < -0.4 is 0 Å². The Morgan fingerprint density at radius 1 is 1.44 bits per heavy atom. The summed E-state index contributed by atoms with van der Waals surface area (Å²) in [5.41, 5.74) is 1.09. The van der Waals surface area contributed by atoms with Gasteiger partial charge < -0.3 is 0 Å². The van der Waals surface area contributed by atoms with Gasteiger partial charge in [-0.2, -0.15) is 5.26 Å². The molecule has 1 atom stereocenters. The van der Waals surface area contributed by atoms with Gasteiger partial charge in [0.15, 0.2) is 0 Å². The summed E-state index contributed by atoms with van der Waals surface area (Å²) in [7, 11) is 0. The molecule has 0 aromatic heterocycles. The molecular weight excluding hydrogens is 261 g/mol. The molecule has 1 aromatic carbocycles. The molecule has 0 amide bonds. The zero-order valence-corrected chi connectivity index (χ0v) is 11.4. The zero-order valence-electron chi connectivity index (χ0n) is 9.04. The average Bonchev–Trinajstić information content (AvgIpc) is 2.28. The second-order valence-corrected chi connectivity index (χ2v) is 5.22. The monoisotopic (exact) mass is 273 g/mol. The highest BCUT2D eigenvalue weighted by Gasteiger charge is 2.13. The number of thiocyanates is 1. The molecule has 4 heteroatoms.